The minimum Gasteiger partial charge on any atom is -0.477 e. The third-order valence-electron chi connectivity index (χ3n) is 2.63. The monoisotopic (exact) mass is 268 g/mol. The van der Waals surface area contributed by atoms with Crippen LogP contribution in [0.5, 0.6) is 0 Å². The number of carbonyl (C=O) groups is 1. The molecule has 96 valence electrons. The second-order valence-corrected chi connectivity index (χ2v) is 3.79. The van der Waals surface area contributed by atoms with Gasteiger partial charge in [-0.25, -0.2) is 9.78 Å². The fraction of sp³-hybridized carbons (Fsp3) is 0.250. The molecular formula is C12H13ClN2O3. The predicted molar refractivity (Wildman–Crippen MR) is 70.6 cm³/mol. The van der Waals surface area contributed by atoms with Gasteiger partial charge in [0.2, 0.25) is 5.43 Å². The molecule has 0 unspecified atom stereocenters. The van der Waals surface area contributed by atoms with E-state index in [-0.39, 0.29) is 18.0 Å². The molecule has 2 rings (SSSR count). The molecule has 0 radical (unpaired) electrons. The van der Waals surface area contributed by atoms with Crippen LogP contribution in [-0.4, -0.2) is 20.6 Å². The molecule has 1 N–H and O–H groups in total. The van der Waals surface area contributed by atoms with Crippen molar-refractivity contribution in [1.29, 1.82) is 0 Å². The van der Waals surface area contributed by atoms with E-state index in [9.17, 15) is 9.59 Å². The lowest BCUT2D eigenvalue weighted by Crippen LogP contribution is -2.19. The average Bonchev–Trinajstić information content (AvgIpc) is 2.29. The summed E-state index contributed by atoms with van der Waals surface area (Å²) in [6.45, 7) is 4.27. The second-order valence-electron chi connectivity index (χ2n) is 3.79. The Labute approximate surface area is 109 Å². The Morgan fingerprint density at radius 1 is 1.44 bits per heavy atom. The first-order chi connectivity index (χ1) is 8.04. The van der Waals surface area contributed by atoms with Crippen LogP contribution >= 0.6 is 12.4 Å². The van der Waals surface area contributed by atoms with E-state index in [0.29, 0.717) is 17.6 Å². The smallest absolute Gasteiger partial charge is 0.341 e. The summed E-state index contributed by atoms with van der Waals surface area (Å²) in [5, 5.41) is 9.31. The maximum atomic E-state index is 11.9. The summed E-state index contributed by atoms with van der Waals surface area (Å²) in [7, 11) is 0. The first kappa shape index (κ1) is 14.2. The van der Waals surface area contributed by atoms with Crippen molar-refractivity contribution in [2.45, 2.75) is 20.4 Å². The highest BCUT2D eigenvalue weighted by Crippen LogP contribution is 2.10. The number of rotatable bonds is 2. The van der Waals surface area contributed by atoms with Gasteiger partial charge in [-0.05, 0) is 26.0 Å². The summed E-state index contributed by atoms with van der Waals surface area (Å²) in [6, 6.07) is 3.33. The summed E-state index contributed by atoms with van der Waals surface area (Å²) < 4.78 is 1.67. The number of halogens is 1. The second kappa shape index (κ2) is 5.18. The zero-order valence-corrected chi connectivity index (χ0v) is 10.8. The van der Waals surface area contributed by atoms with Crippen LogP contribution in [0.25, 0.3) is 11.0 Å². The van der Waals surface area contributed by atoms with E-state index in [1.807, 2.05) is 13.8 Å². The predicted octanol–water partition coefficient (Wildman–Crippen LogP) is 1.84. The number of hydrogen-bond donors (Lipinski definition) is 1. The zero-order chi connectivity index (χ0) is 12.6. The molecule has 0 bridgehead atoms. The van der Waals surface area contributed by atoms with Crippen LogP contribution in [0, 0.1) is 6.92 Å². The first-order valence-corrected chi connectivity index (χ1v) is 5.28. The summed E-state index contributed by atoms with van der Waals surface area (Å²) in [4.78, 5) is 27.2. The van der Waals surface area contributed by atoms with Gasteiger partial charge in [-0.15, -0.1) is 12.4 Å². The molecule has 0 saturated carbocycles. The summed E-state index contributed by atoms with van der Waals surface area (Å²) >= 11 is 0. The van der Waals surface area contributed by atoms with E-state index in [0.717, 1.165) is 5.69 Å². The quantitative estimate of drug-likeness (QED) is 0.902. The minimum atomic E-state index is -1.21. The number of aromatic carboxylic acids is 1. The van der Waals surface area contributed by atoms with Gasteiger partial charge < -0.3 is 9.67 Å². The molecule has 0 aliphatic heterocycles. The maximum absolute atomic E-state index is 11.9. The van der Waals surface area contributed by atoms with Crippen molar-refractivity contribution >= 4 is 29.4 Å². The van der Waals surface area contributed by atoms with Crippen molar-refractivity contribution in [2.75, 3.05) is 0 Å². The molecule has 2 aromatic rings. The van der Waals surface area contributed by atoms with Gasteiger partial charge in [-0.2, -0.15) is 0 Å². The molecule has 0 aliphatic carbocycles. The van der Waals surface area contributed by atoms with Gasteiger partial charge in [-0.1, -0.05) is 0 Å². The lowest BCUT2D eigenvalue weighted by atomic mass is 10.2. The van der Waals surface area contributed by atoms with Crippen molar-refractivity contribution in [3.63, 3.8) is 0 Å². The lowest BCUT2D eigenvalue weighted by Gasteiger charge is -2.09. The van der Waals surface area contributed by atoms with Crippen LogP contribution in [0.2, 0.25) is 0 Å². The zero-order valence-electron chi connectivity index (χ0n) is 10.0. The average molecular weight is 269 g/mol. The van der Waals surface area contributed by atoms with Gasteiger partial charge in [-0.3, -0.25) is 4.79 Å². The Kier molecular flexibility index (Phi) is 4.08. The number of carboxylic acids is 1. The topological polar surface area (TPSA) is 72.2 Å². The Morgan fingerprint density at radius 2 is 2.11 bits per heavy atom. The number of carboxylic acid groups (broad SMARTS) is 1. The molecule has 0 fully saturated rings. The van der Waals surface area contributed by atoms with Crippen molar-refractivity contribution in [3.05, 3.63) is 39.8 Å². The summed E-state index contributed by atoms with van der Waals surface area (Å²) in [5.41, 5.74) is 0.624. The Bertz CT molecular complexity index is 664. The molecule has 0 amide bonds. The Morgan fingerprint density at radius 3 is 2.67 bits per heavy atom. The molecule has 0 spiro atoms. The Balaban J connectivity index is 0.00000162. The molecular weight excluding hydrogens is 256 g/mol. The van der Waals surface area contributed by atoms with Crippen LogP contribution in [0.3, 0.4) is 0 Å². The summed E-state index contributed by atoms with van der Waals surface area (Å²) in [5.74, 6) is -1.21. The van der Waals surface area contributed by atoms with E-state index in [4.69, 9.17) is 5.11 Å². The van der Waals surface area contributed by atoms with Gasteiger partial charge in [0.15, 0.2) is 0 Å². The molecule has 0 atom stereocenters. The van der Waals surface area contributed by atoms with Crippen molar-refractivity contribution in [1.82, 2.24) is 9.55 Å². The SMILES string of the molecule is CCn1cc(C(=O)O)c(=O)c2ccc(C)nc21.Cl. The van der Waals surface area contributed by atoms with E-state index < -0.39 is 11.4 Å². The molecule has 0 saturated heterocycles. The van der Waals surface area contributed by atoms with E-state index >= 15 is 0 Å². The van der Waals surface area contributed by atoms with Crippen molar-refractivity contribution in [3.8, 4) is 0 Å². The van der Waals surface area contributed by atoms with Gasteiger partial charge >= 0.3 is 5.97 Å². The minimum absolute atomic E-state index is 0. The third kappa shape index (κ3) is 2.22. The molecule has 0 aliphatic rings. The number of aromatic nitrogens is 2. The van der Waals surface area contributed by atoms with Crippen molar-refractivity contribution < 1.29 is 9.90 Å². The van der Waals surface area contributed by atoms with Crippen LogP contribution < -0.4 is 5.43 Å². The number of aryl methyl sites for hydroxylation is 2. The van der Waals surface area contributed by atoms with E-state index in [2.05, 4.69) is 4.98 Å². The number of pyridine rings is 2. The largest absolute Gasteiger partial charge is 0.477 e. The number of fused-ring (bicyclic) bond motifs is 1. The highest BCUT2D eigenvalue weighted by atomic mass is 35.5. The molecule has 18 heavy (non-hydrogen) atoms. The normalized spacial score (nSPS) is 10.1. The standard InChI is InChI=1S/C12H12N2O3.ClH/c1-3-14-6-9(12(16)17)10(15)8-5-4-7(2)13-11(8)14;/h4-6H,3H2,1-2H3,(H,16,17);1H. The Hall–Kier alpha value is -1.88. The number of hydrogen-bond acceptors (Lipinski definition) is 3. The first-order valence-electron chi connectivity index (χ1n) is 5.28. The van der Waals surface area contributed by atoms with Crippen LogP contribution in [0.1, 0.15) is 23.0 Å². The highest BCUT2D eigenvalue weighted by Gasteiger charge is 2.14. The van der Waals surface area contributed by atoms with Gasteiger partial charge in [0, 0.05) is 18.4 Å². The molecule has 5 nitrogen and oxygen atoms in total. The molecule has 0 aromatic carbocycles. The van der Waals surface area contributed by atoms with E-state index in [1.165, 1.54) is 6.20 Å². The van der Waals surface area contributed by atoms with Crippen molar-refractivity contribution in [2.24, 2.45) is 0 Å². The fourth-order valence-corrected chi connectivity index (χ4v) is 1.75. The van der Waals surface area contributed by atoms with E-state index in [1.54, 1.807) is 16.7 Å². The highest BCUT2D eigenvalue weighted by molar-refractivity contribution is 5.91. The molecule has 6 heteroatoms. The lowest BCUT2D eigenvalue weighted by molar-refractivity contribution is 0.0695. The fourth-order valence-electron chi connectivity index (χ4n) is 1.75. The number of nitrogens with zero attached hydrogens (tertiary/aromatic N) is 2. The van der Waals surface area contributed by atoms with Crippen LogP contribution in [0.15, 0.2) is 23.1 Å². The maximum Gasteiger partial charge on any atom is 0.341 e. The molecule has 2 aromatic heterocycles. The van der Waals surface area contributed by atoms with Crippen LogP contribution in [-0.2, 0) is 6.54 Å². The van der Waals surface area contributed by atoms with Gasteiger partial charge in [0.25, 0.3) is 0 Å². The third-order valence-corrected chi connectivity index (χ3v) is 2.63. The molecule has 2 heterocycles. The summed E-state index contributed by atoms with van der Waals surface area (Å²) in [6.07, 6.45) is 1.35. The van der Waals surface area contributed by atoms with Gasteiger partial charge in [0.05, 0.1) is 5.39 Å². The van der Waals surface area contributed by atoms with Gasteiger partial charge in [0.1, 0.15) is 11.2 Å². The van der Waals surface area contributed by atoms with Crippen LogP contribution in [0.4, 0.5) is 0 Å².